The maximum Gasteiger partial charge on any atom is 0.209 e. The van der Waals surface area contributed by atoms with Gasteiger partial charge in [-0.1, -0.05) is 33.8 Å². The van der Waals surface area contributed by atoms with Crippen molar-refractivity contribution in [2.24, 2.45) is 12.5 Å². The third kappa shape index (κ3) is 8.65. The van der Waals surface area contributed by atoms with Crippen LogP contribution in [0.4, 0.5) is 11.4 Å². The number of anilines is 1. The Morgan fingerprint density at radius 1 is 0.810 bits per heavy atom. The van der Waals surface area contributed by atoms with Gasteiger partial charge in [0.2, 0.25) is 5.69 Å². The Morgan fingerprint density at radius 2 is 1.47 bits per heavy atom. The van der Waals surface area contributed by atoms with Crippen molar-refractivity contribution in [3.8, 4) is 11.5 Å². The maximum absolute atomic E-state index is 7.43. The van der Waals surface area contributed by atoms with Crippen molar-refractivity contribution in [3.05, 3.63) is 112 Å². The highest BCUT2D eigenvalue weighted by molar-refractivity contribution is 5.95. The second kappa shape index (κ2) is 17.8. The van der Waals surface area contributed by atoms with Crippen molar-refractivity contribution >= 4 is 17.1 Å². The molecule has 312 valence electrons. The number of benzene rings is 2. The Balaban J connectivity index is 1.33. The van der Waals surface area contributed by atoms with Gasteiger partial charge in [0.1, 0.15) is 30.4 Å². The number of rotatable bonds is 18. The molecule has 6 rings (SSSR count). The van der Waals surface area contributed by atoms with Crippen LogP contribution < -0.4 is 18.9 Å². The second-order valence-corrected chi connectivity index (χ2v) is 18.1. The van der Waals surface area contributed by atoms with E-state index in [9.17, 15) is 0 Å². The number of nitrogens with zero attached hydrogens (tertiary/aromatic N) is 3. The van der Waals surface area contributed by atoms with E-state index in [2.05, 4.69) is 143 Å². The van der Waals surface area contributed by atoms with E-state index in [0.29, 0.717) is 0 Å². The van der Waals surface area contributed by atoms with Gasteiger partial charge in [-0.25, -0.2) is 4.57 Å². The Bertz CT molecular complexity index is 2070. The molecule has 8 heteroatoms. The molecule has 0 saturated heterocycles. The molecule has 0 N–H and O–H groups in total. The molecule has 2 aromatic carbocycles. The fraction of sp³-hybridized carbons (Fsp3) is 0.520. The van der Waals surface area contributed by atoms with E-state index < -0.39 is 0 Å². The summed E-state index contributed by atoms with van der Waals surface area (Å²) in [5.74, 6) is 2.82. The predicted octanol–water partition coefficient (Wildman–Crippen LogP) is 10.2. The van der Waals surface area contributed by atoms with E-state index in [4.69, 9.17) is 23.7 Å². The lowest BCUT2D eigenvalue weighted by Crippen LogP contribution is -2.33. The van der Waals surface area contributed by atoms with Crippen LogP contribution in [0.1, 0.15) is 110 Å². The smallest absolute Gasteiger partial charge is 0.209 e. The van der Waals surface area contributed by atoms with Crippen LogP contribution in [0.25, 0.3) is 0 Å². The first-order valence-corrected chi connectivity index (χ1v) is 21.2. The first kappa shape index (κ1) is 43.2. The normalized spacial score (nSPS) is 19.0. The molecule has 8 nitrogen and oxygen atoms in total. The van der Waals surface area contributed by atoms with Gasteiger partial charge in [0.05, 0.1) is 26.2 Å². The lowest BCUT2D eigenvalue weighted by Gasteiger charge is -2.36. The van der Waals surface area contributed by atoms with Gasteiger partial charge in [0.25, 0.3) is 0 Å². The average Bonchev–Trinajstić information content (AvgIpc) is 3.74. The number of aryl methyl sites for hydroxylation is 1. The molecule has 3 aliphatic rings. The Morgan fingerprint density at radius 3 is 2.14 bits per heavy atom. The van der Waals surface area contributed by atoms with Gasteiger partial charge in [-0.15, -0.1) is 0 Å². The van der Waals surface area contributed by atoms with Crippen molar-refractivity contribution in [1.29, 1.82) is 0 Å². The molecule has 0 amide bonds. The van der Waals surface area contributed by atoms with Crippen LogP contribution in [-0.2, 0) is 32.1 Å². The number of allylic oxidation sites excluding steroid dienone is 5. The third-order valence-electron chi connectivity index (χ3n) is 12.9. The number of fused-ring (bicyclic) bond motifs is 2. The summed E-state index contributed by atoms with van der Waals surface area (Å²) >= 11 is 0. The van der Waals surface area contributed by atoms with Crippen molar-refractivity contribution in [1.82, 2.24) is 0 Å². The highest BCUT2D eigenvalue weighted by Gasteiger charge is 2.47. The van der Waals surface area contributed by atoms with Crippen molar-refractivity contribution in [2.45, 2.75) is 104 Å². The summed E-state index contributed by atoms with van der Waals surface area (Å²) in [6.07, 6.45) is 14.5. The highest BCUT2D eigenvalue weighted by Crippen LogP contribution is 2.51. The Kier molecular flexibility index (Phi) is 13.3. The minimum Gasteiger partial charge on any atom is -0.497 e. The molecule has 2 aliphatic heterocycles. The second-order valence-electron chi connectivity index (χ2n) is 18.1. The molecule has 58 heavy (non-hydrogen) atoms. The van der Waals surface area contributed by atoms with Gasteiger partial charge in [0.15, 0.2) is 24.7 Å². The van der Waals surface area contributed by atoms with Crippen molar-refractivity contribution in [2.75, 3.05) is 59.6 Å². The molecular weight excluding hydrogens is 723 g/mol. The molecule has 0 bridgehead atoms. The fourth-order valence-corrected chi connectivity index (χ4v) is 9.37. The number of pyridine rings is 1. The molecule has 1 atom stereocenters. The summed E-state index contributed by atoms with van der Waals surface area (Å²) in [4.78, 5) is 2.47. The summed E-state index contributed by atoms with van der Waals surface area (Å²) in [7, 11) is 9.13. The number of methoxy groups -OCH3 is 4. The molecule has 0 radical (unpaired) electrons. The number of hydrogen-bond donors (Lipinski definition) is 0. The van der Waals surface area contributed by atoms with Crippen LogP contribution in [0.3, 0.4) is 0 Å². The van der Waals surface area contributed by atoms with E-state index >= 15 is 0 Å². The van der Waals surface area contributed by atoms with Crippen LogP contribution >= 0.6 is 0 Å². The van der Waals surface area contributed by atoms with Crippen LogP contribution in [0.2, 0.25) is 0 Å². The zero-order chi connectivity index (χ0) is 41.8. The Hall–Kier alpha value is -4.40. The molecule has 3 heterocycles. The third-order valence-corrected chi connectivity index (χ3v) is 12.9. The SMILES string of the molecule is COCCCN1/C(=C/C=C2\CCC(C)=C2OC(c2cc[n+](C)cc2)C(C)(C)CCC2=[N+](CCCOC)c3ccc(OC)cc3C2(C)C)C(C)(C)c2cc(OC)ccc21. The minimum atomic E-state index is -0.209. The van der Waals surface area contributed by atoms with Gasteiger partial charge in [0, 0.05) is 91.8 Å². The first-order chi connectivity index (χ1) is 27.7. The summed E-state index contributed by atoms with van der Waals surface area (Å²) in [5.41, 5.74) is 11.0. The predicted molar refractivity (Wildman–Crippen MR) is 235 cm³/mol. The standard InChI is InChI=1S/C50H69N3O5/c1-35-15-16-36(17-22-44-49(4,5)40-33-38(56-11)18-20-42(40)52(44)27-13-31-54-9)46(35)58-47(37-24-29-51(8)30-25-37)48(2,3)26-23-45-50(6,7)41-34-39(57-12)19-21-43(41)53(45)28-14-32-55-10/h17-22,24-25,29-30,33-34,47H,13-16,23,26-28,31-32H2,1-12H3/q+2/b36-17+,44-22+. The topological polar surface area (TPSA) is 56.3 Å². The molecular formula is C50H69N3O5+2. The van der Waals surface area contributed by atoms with Crippen LogP contribution in [0, 0.1) is 5.41 Å². The van der Waals surface area contributed by atoms with Gasteiger partial charge in [-0.3, -0.25) is 0 Å². The Labute approximate surface area is 348 Å². The zero-order valence-electron chi connectivity index (χ0n) is 37.5. The van der Waals surface area contributed by atoms with E-state index in [1.54, 1.807) is 28.4 Å². The van der Waals surface area contributed by atoms with Gasteiger partial charge in [-0.05, 0) is 99.6 Å². The first-order valence-electron chi connectivity index (χ1n) is 21.2. The van der Waals surface area contributed by atoms with E-state index in [1.807, 2.05) is 0 Å². The van der Waals surface area contributed by atoms with Gasteiger partial charge < -0.3 is 28.6 Å². The molecule has 3 aromatic rings. The minimum absolute atomic E-state index is 0.145. The van der Waals surface area contributed by atoms with Crippen molar-refractivity contribution < 1.29 is 32.8 Å². The van der Waals surface area contributed by atoms with Crippen molar-refractivity contribution in [3.63, 3.8) is 0 Å². The summed E-state index contributed by atoms with van der Waals surface area (Å²) in [5, 5.41) is 0. The maximum atomic E-state index is 7.43. The van der Waals surface area contributed by atoms with Crippen LogP contribution in [-0.4, -0.2) is 65.0 Å². The van der Waals surface area contributed by atoms with Crippen LogP contribution in [0.5, 0.6) is 11.5 Å². The molecule has 1 aliphatic carbocycles. The zero-order valence-corrected chi connectivity index (χ0v) is 37.5. The highest BCUT2D eigenvalue weighted by atomic mass is 16.5. The molecule has 1 unspecified atom stereocenters. The number of ether oxygens (including phenoxy) is 5. The molecule has 0 spiro atoms. The monoisotopic (exact) mass is 792 g/mol. The largest absolute Gasteiger partial charge is 0.497 e. The van der Waals surface area contributed by atoms with Gasteiger partial charge >= 0.3 is 0 Å². The molecule has 1 aromatic heterocycles. The summed E-state index contributed by atoms with van der Waals surface area (Å²) < 4.78 is 34.4. The van der Waals surface area contributed by atoms with Crippen LogP contribution in [0.15, 0.2) is 95.7 Å². The lowest BCUT2D eigenvalue weighted by atomic mass is 9.74. The van der Waals surface area contributed by atoms with Gasteiger partial charge in [-0.2, -0.15) is 4.58 Å². The molecule has 0 saturated carbocycles. The molecule has 0 fully saturated rings. The fourth-order valence-electron chi connectivity index (χ4n) is 9.37. The quantitative estimate of drug-likeness (QED) is 0.0945. The lowest BCUT2D eigenvalue weighted by molar-refractivity contribution is -0.671. The number of hydrogen-bond acceptors (Lipinski definition) is 6. The number of aromatic nitrogens is 1. The summed E-state index contributed by atoms with van der Waals surface area (Å²) in [6, 6.07) is 17.5. The van der Waals surface area contributed by atoms with E-state index in [0.717, 1.165) is 82.1 Å². The summed E-state index contributed by atoms with van der Waals surface area (Å²) in [6.45, 7) is 19.6. The van der Waals surface area contributed by atoms with E-state index in [1.165, 1.54) is 50.6 Å². The average molecular weight is 792 g/mol. The van der Waals surface area contributed by atoms with E-state index in [-0.39, 0.29) is 22.3 Å².